The molecule has 0 aromatic heterocycles. The second-order valence-electron chi connectivity index (χ2n) is 6.87. The van der Waals surface area contributed by atoms with Gasteiger partial charge in [0.05, 0.1) is 11.1 Å². The van der Waals surface area contributed by atoms with Crippen LogP contribution in [0.5, 0.6) is 11.5 Å². The predicted octanol–water partition coefficient (Wildman–Crippen LogP) is 6.25. The molecule has 1 aliphatic rings. The molecule has 0 heterocycles. The monoisotopic (exact) mass is 448 g/mol. The van der Waals surface area contributed by atoms with Gasteiger partial charge in [0.15, 0.2) is 17.3 Å². The van der Waals surface area contributed by atoms with Gasteiger partial charge in [0.1, 0.15) is 6.61 Å². The summed E-state index contributed by atoms with van der Waals surface area (Å²) >= 11 is 3.62. The zero-order valence-corrected chi connectivity index (χ0v) is 17.7. The molecule has 0 unspecified atom stereocenters. The van der Waals surface area contributed by atoms with Gasteiger partial charge in [-0.2, -0.15) is 0 Å². The maximum Gasteiger partial charge on any atom is 0.189 e. The maximum absolute atomic E-state index is 12.7. The Morgan fingerprint density at radius 3 is 2.52 bits per heavy atom. The van der Waals surface area contributed by atoms with Gasteiger partial charge in [-0.15, -0.1) is 0 Å². The standard InChI is InChI=1S/C25H21BrO3/c1-2-28-23-14-18(12-20-15-19-10-6-7-11-21(19)24(20)27)13-22(26)25(23)29-16-17-8-4-3-5-9-17/h3-14H,2,15-16H2,1H3/b20-12+. The number of hydrogen-bond donors (Lipinski definition) is 0. The van der Waals surface area contributed by atoms with E-state index < -0.39 is 0 Å². The third-order valence-corrected chi connectivity index (χ3v) is 5.42. The molecular formula is C25H21BrO3. The van der Waals surface area contributed by atoms with E-state index in [4.69, 9.17) is 9.47 Å². The van der Waals surface area contributed by atoms with Gasteiger partial charge in [-0.1, -0.05) is 54.6 Å². The average molecular weight is 449 g/mol. The number of carbonyl (C=O) groups is 1. The summed E-state index contributed by atoms with van der Waals surface area (Å²) < 4.78 is 12.7. The Bertz CT molecular complexity index is 1070. The third kappa shape index (κ3) is 4.28. The number of rotatable bonds is 6. The number of ketones is 1. The predicted molar refractivity (Wildman–Crippen MR) is 119 cm³/mol. The number of halogens is 1. The molecule has 0 bridgehead atoms. The van der Waals surface area contributed by atoms with E-state index in [1.807, 2.05) is 79.7 Å². The highest BCUT2D eigenvalue weighted by molar-refractivity contribution is 9.10. The van der Waals surface area contributed by atoms with Crippen LogP contribution in [0.25, 0.3) is 6.08 Å². The molecule has 0 aliphatic heterocycles. The van der Waals surface area contributed by atoms with E-state index in [0.29, 0.717) is 31.1 Å². The molecule has 0 atom stereocenters. The van der Waals surface area contributed by atoms with E-state index in [2.05, 4.69) is 15.9 Å². The van der Waals surface area contributed by atoms with Crippen molar-refractivity contribution >= 4 is 27.8 Å². The van der Waals surface area contributed by atoms with Crippen LogP contribution in [0.3, 0.4) is 0 Å². The van der Waals surface area contributed by atoms with Crippen molar-refractivity contribution in [3.63, 3.8) is 0 Å². The molecule has 146 valence electrons. The number of allylic oxidation sites excluding steroid dienone is 1. The number of Topliss-reactive ketones (excluding diaryl/α,β-unsaturated/α-hetero) is 1. The van der Waals surface area contributed by atoms with Gasteiger partial charge in [0, 0.05) is 17.6 Å². The van der Waals surface area contributed by atoms with Crippen LogP contribution in [0.2, 0.25) is 0 Å². The van der Waals surface area contributed by atoms with Crippen molar-refractivity contribution in [2.45, 2.75) is 20.0 Å². The van der Waals surface area contributed by atoms with Crippen molar-refractivity contribution < 1.29 is 14.3 Å². The fraction of sp³-hybridized carbons (Fsp3) is 0.160. The van der Waals surface area contributed by atoms with Crippen molar-refractivity contribution in [1.82, 2.24) is 0 Å². The first-order valence-corrected chi connectivity index (χ1v) is 10.4. The lowest BCUT2D eigenvalue weighted by atomic mass is 10.1. The second kappa shape index (κ2) is 8.66. The van der Waals surface area contributed by atoms with Gasteiger partial charge >= 0.3 is 0 Å². The summed E-state index contributed by atoms with van der Waals surface area (Å²) in [6.45, 7) is 2.92. The summed E-state index contributed by atoms with van der Waals surface area (Å²) in [6, 6.07) is 21.7. The largest absolute Gasteiger partial charge is 0.490 e. The zero-order valence-electron chi connectivity index (χ0n) is 16.2. The van der Waals surface area contributed by atoms with Crippen molar-refractivity contribution in [2.75, 3.05) is 6.61 Å². The fourth-order valence-electron chi connectivity index (χ4n) is 3.48. The molecule has 29 heavy (non-hydrogen) atoms. The minimum absolute atomic E-state index is 0.0964. The smallest absolute Gasteiger partial charge is 0.189 e. The number of ether oxygens (including phenoxy) is 2. The van der Waals surface area contributed by atoms with E-state index >= 15 is 0 Å². The first kappa shape index (κ1) is 19.5. The highest BCUT2D eigenvalue weighted by Crippen LogP contribution is 2.38. The Hall–Kier alpha value is -2.85. The van der Waals surface area contributed by atoms with Gasteiger partial charge < -0.3 is 9.47 Å². The number of carbonyl (C=O) groups excluding carboxylic acids is 1. The molecule has 3 aromatic rings. The topological polar surface area (TPSA) is 35.5 Å². The fourth-order valence-corrected chi connectivity index (χ4v) is 4.05. The third-order valence-electron chi connectivity index (χ3n) is 4.83. The second-order valence-corrected chi connectivity index (χ2v) is 7.72. The number of benzene rings is 3. The van der Waals surface area contributed by atoms with Gasteiger partial charge in [-0.05, 0) is 57.8 Å². The van der Waals surface area contributed by atoms with Crippen molar-refractivity contribution in [1.29, 1.82) is 0 Å². The lowest BCUT2D eigenvalue weighted by molar-refractivity contribution is 0.104. The van der Waals surface area contributed by atoms with Crippen LogP contribution in [0, 0.1) is 0 Å². The van der Waals surface area contributed by atoms with Crippen LogP contribution in [-0.2, 0) is 13.0 Å². The van der Waals surface area contributed by atoms with Crippen LogP contribution < -0.4 is 9.47 Å². The lowest BCUT2D eigenvalue weighted by Crippen LogP contribution is -2.01. The zero-order chi connectivity index (χ0) is 20.2. The first-order valence-electron chi connectivity index (χ1n) is 9.62. The molecule has 3 nitrogen and oxygen atoms in total. The van der Waals surface area contributed by atoms with Crippen molar-refractivity contribution in [3.8, 4) is 11.5 Å². The summed E-state index contributed by atoms with van der Waals surface area (Å²) in [4.78, 5) is 12.7. The maximum atomic E-state index is 12.7. The minimum Gasteiger partial charge on any atom is -0.490 e. The van der Waals surface area contributed by atoms with Crippen molar-refractivity contribution in [3.05, 3.63) is 99.0 Å². The van der Waals surface area contributed by atoms with Gasteiger partial charge in [0.25, 0.3) is 0 Å². The Morgan fingerprint density at radius 2 is 1.76 bits per heavy atom. The van der Waals surface area contributed by atoms with Gasteiger partial charge in [0.2, 0.25) is 0 Å². The SMILES string of the molecule is CCOc1cc(/C=C2\Cc3ccccc3C2=O)cc(Br)c1OCc1ccccc1. The van der Waals surface area contributed by atoms with E-state index in [1.165, 1.54) is 0 Å². The molecule has 0 amide bonds. The molecule has 0 N–H and O–H groups in total. The molecule has 4 heteroatoms. The quantitative estimate of drug-likeness (QED) is 0.418. The normalized spacial score (nSPS) is 14.1. The first-order chi connectivity index (χ1) is 14.2. The van der Waals surface area contributed by atoms with E-state index in [0.717, 1.165) is 32.3 Å². The van der Waals surface area contributed by atoms with Gasteiger partial charge in [-0.3, -0.25) is 4.79 Å². The Balaban J connectivity index is 1.62. The Morgan fingerprint density at radius 1 is 1.00 bits per heavy atom. The van der Waals surface area contributed by atoms with Crippen LogP contribution in [-0.4, -0.2) is 12.4 Å². The molecule has 0 saturated carbocycles. The Labute approximate surface area is 179 Å². The molecule has 4 rings (SSSR count). The summed E-state index contributed by atoms with van der Waals surface area (Å²) in [5.74, 6) is 1.42. The number of hydrogen-bond acceptors (Lipinski definition) is 3. The van der Waals surface area contributed by atoms with Crippen LogP contribution in [0.4, 0.5) is 0 Å². The molecule has 0 saturated heterocycles. The van der Waals surface area contributed by atoms with Gasteiger partial charge in [-0.25, -0.2) is 0 Å². The lowest BCUT2D eigenvalue weighted by Gasteiger charge is -2.15. The number of fused-ring (bicyclic) bond motifs is 1. The highest BCUT2D eigenvalue weighted by atomic mass is 79.9. The minimum atomic E-state index is 0.0964. The summed E-state index contributed by atoms with van der Waals surface area (Å²) in [5.41, 5.74) is 4.66. The molecule has 3 aromatic carbocycles. The van der Waals surface area contributed by atoms with E-state index in [-0.39, 0.29) is 5.78 Å². The molecule has 0 radical (unpaired) electrons. The highest BCUT2D eigenvalue weighted by Gasteiger charge is 2.24. The van der Waals surface area contributed by atoms with E-state index in [1.54, 1.807) is 0 Å². The molecular weight excluding hydrogens is 428 g/mol. The van der Waals surface area contributed by atoms with Crippen LogP contribution in [0.1, 0.15) is 34.0 Å². The summed E-state index contributed by atoms with van der Waals surface area (Å²) in [5, 5.41) is 0. The van der Waals surface area contributed by atoms with Crippen LogP contribution in [0.15, 0.2) is 76.8 Å². The van der Waals surface area contributed by atoms with E-state index in [9.17, 15) is 4.79 Å². The average Bonchev–Trinajstić information content (AvgIpc) is 3.04. The van der Waals surface area contributed by atoms with Crippen molar-refractivity contribution in [2.24, 2.45) is 0 Å². The Kier molecular flexibility index (Phi) is 5.81. The summed E-state index contributed by atoms with van der Waals surface area (Å²) in [7, 11) is 0. The molecule has 0 fully saturated rings. The molecule has 1 aliphatic carbocycles. The van der Waals surface area contributed by atoms with Crippen LogP contribution >= 0.6 is 15.9 Å². The summed E-state index contributed by atoms with van der Waals surface area (Å²) in [6.07, 6.45) is 2.60. The molecule has 0 spiro atoms.